The van der Waals surface area contributed by atoms with E-state index in [0.29, 0.717) is 29.1 Å². The fourth-order valence-electron chi connectivity index (χ4n) is 3.45. The van der Waals surface area contributed by atoms with Gasteiger partial charge in [-0.25, -0.2) is 13.2 Å². The smallest absolute Gasteiger partial charge is 0.434 e. The molecule has 8 nitrogen and oxygen atoms in total. The molecule has 0 spiro atoms. The summed E-state index contributed by atoms with van der Waals surface area (Å²) in [7, 11) is -3.61. The van der Waals surface area contributed by atoms with E-state index in [1.54, 1.807) is 43.0 Å². The van der Waals surface area contributed by atoms with E-state index in [1.165, 1.54) is 16.4 Å². The van der Waals surface area contributed by atoms with E-state index in [2.05, 4.69) is 0 Å². The number of ether oxygens (including phenoxy) is 2. The normalized spacial score (nSPS) is 14.9. The van der Waals surface area contributed by atoms with E-state index in [4.69, 9.17) is 9.47 Å². The molecule has 0 bridgehead atoms. The minimum absolute atomic E-state index is 0.203. The van der Waals surface area contributed by atoms with E-state index in [0.717, 1.165) is 5.56 Å². The van der Waals surface area contributed by atoms with Crippen molar-refractivity contribution in [3.8, 4) is 5.75 Å². The molecule has 1 fully saturated rings. The summed E-state index contributed by atoms with van der Waals surface area (Å²) in [5.74, 6) is 0.0747. The molecule has 1 saturated heterocycles. The van der Waals surface area contributed by atoms with Crippen molar-refractivity contribution in [2.75, 3.05) is 32.8 Å². The first kappa shape index (κ1) is 22.8. The van der Waals surface area contributed by atoms with Crippen LogP contribution in [0.15, 0.2) is 47.4 Å². The lowest BCUT2D eigenvalue weighted by molar-refractivity contribution is 0.0698. The van der Waals surface area contributed by atoms with Crippen molar-refractivity contribution >= 4 is 22.1 Å². The molecule has 1 aliphatic rings. The highest BCUT2D eigenvalue weighted by Gasteiger charge is 2.31. The number of amides is 1. The van der Waals surface area contributed by atoms with Gasteiger partial charge in [0.25, 0.3) is 5.91 Å². The van der Waals surface area contributed by atoms with Crippen molar-refractivity contribution in [1.82, 2.24) is 9.21 Å². The van der Waals surface area contributed by atoms with E-state index in [-0.39, 0.29) is 31.4 Å². The van der Waals surface area contributed by atoms with Gasteiger partial charge in [-0.3, -0.25) is 4.79 Å². The Bertz CT molecular complexity index is 1060. The molecule has 1 heterocycles. The van der Waals surface area contributed by atoms with Gasteiger partial charge in [0.2, 0.25) is 10.0 Å². The summed E-state index contributed by atoms with van der Waals surface area (Å²) in [6.45, 7) is 6.64. The van der Waals surface area contributed by atoms with Crippen LogP contribution in [-0.4, -0.2) is 62.5 Å². The third-order valence-corrected chi connectivity index (χ3v) is 7.10. The van der Waals surface area contributed by atoms with Crippen LogP contribution in [0, 0.1) is 13.8 Å². The SMILES string of the molecule is CCOC(=O)Oc1ccc(C(=O)N2CCN(S(=O)(=O)c3ccc(C)cc3C)CC2)cc1. The first-order chi connectivity index (χ1) is 14.7. The second-order valence-corrected chi connectivity index (χ2v) is 9.18. The van der Waals surface area contributed by atoms with Gasteiger partial charge in [-0.15, -0.1) is 0 Å². The lowest BCUT2D eigenvalue weighted by atomic mass is 10.2. The van der Waals surface area contributed by atoms with Gasteiger partial charge >= 0.3 is 6.16 Å². The van der Waals surface area contributed by atoms with E-state index < -0.39 is 16.2 Å². The number of aryl methyl sites for hydroxylation is 2. The maximum Gasteiger partial charge on any atom is 0.513 e. The zero-order chi connectivity index (χ0) is 22.6. The molecular formula is C22H26N2O6S. The molecule has 0 atom stereocenters. The van der Waals surface area contributed by atoms with Crippen LogP contribution in [-0.2, 0) is 14.8 Å². The van der Waals surface area contributed by atoms with Gasteiger partial charge in [0.05, 0.1) is 11.5 Å². The Morgan fingerprint density at radius 1 is 0.968 bits per heavy atom. The second kappa shape index (κ2) is 9.49. The molecule has 2 aromatic carbocycles. The van der Waals surface area contributed by atoms with Crippen molar-refractivity contribution in [1.29, 1.82) is 0 Å². The fourth-order valence-corrected chi connectivity index (χ4v) is 5.08. The molecule has 0 saturated carbocycles. The largest absolute Gasteiger partial charge is 0.513 e. The van der Waals surface area contributed by atoms with Gasteiger partial charge in [0, 0.05) is 31.7 Å². The first-order valence-corrected chi connectivity index (χ1v) is 11.5. The maximum atomic E-state index is 13.0. The maximum absolute atomic E-state index is 13.0. The van der Waals surface area contributed by atoms with Gasteiger partial charge < -0.3 is 14.4 Å². The number of sulfonamides is 1. The Kier molecular flexibility index (Phi) is 6.97. The average molecular weight is 447 g/mol. The van der Waals surface area contributed by atoms with Crippen LogP contribution < -0.4 is 4.74 Å². The summed E-state index contributed by atoms with van der Waals surface area (Å²) in [5.41, 5.74) is 2.15. The van der Waals surface area contributed by atoms with Crippen LogP contribution in [0.1, 0.15) is 28.4 Å². The molecule has 9 heteroatoms. The predicted octanol–water partition coefficient (Wildman–Crippen LogP) is 2.99. The van der Waals surface area contributed by atoms with Crippen molar-refractivity contribution in [2.24, 2.45) is 0 Å². The van der Waals surface area contributed by atoms with E-state index >= 15 is 0 Å². The molecular weight excluding hydrogens is 420 g/mol. The molecule has 1 aliphatic heterocycles. The van der Waals surface area contributed by atoms with Crippen molar-refractivity contribution in [3.05, 3.63) is 59.2 Å². The molecule has 3 rings (SSSR count). The molecule has 0 aliphatic carbocycles. The average Bonchev–Trinajstić information content (AvgIpc) is 2.74. The van der Waals surface area contributed by atoms with Crippen molar-refractivity contribution in [3.63, 3.8) is 0 Å². The number of carbonyl (C=O) groups excluding carboxylic acids is 2. The Hall–Kier alpha value is -2.91. The van der Waals surface area contributed by atoms with E-state index in [9.17, 15) is 18.0 Å². The van der Waals surface area contributed by atoms with Crippen LogP contribution in [0.5, 0.6) is 5.75 Å². The molecule has 2 aromatic rings. The van der Waals surface area contributed by atoms with Crippen molar-refractivity contribution < 1.29 is 27.5 Å². The molecule has 166 valence electrons. The summed E-state index contributed by atoms with van der Waals surface area (Å²) in [6, 6.07) is 11.4. The minimum Gasteiger partial charge on any atom is -0.434 e. The molecule has 0 N–H and O–H groups in total. The third-order valence-electron chi connectivity index (χ3n) is 5.04. The van der Waals surface area contributed by atoms with Crippen molar-refractivity contribution in [2.45, 2.75) is 25.7 Å². The van der Waals surface area contributed by atoms with Crippen LogP contribution >= 0.6 is 0 Å². The highest BCUT2D eigenvalue weighted by molar-refractivity contribution is 7.89. The quantitative estimate of drug-likeness (QED) is 0.518. The minimum atomic E-state index is -3.61. The van der Waals surface area contributed by atoms with Gasteiger partial charge in [-0.2, -0.15) is 4.31 Å². The number of hydrogen-bond acceptors (Lipinski definition) is 6. The molecule has 0 radical (unpaired) electrons. The Morgan fingerprint density at radius 2 is 1.61 bits per heavy atom. The van der Waals surface area contributed by atoms with Gasteiger partial charge in [0.1, 0.15) is 5.75 Å². The van der Waals surface area contributed by atoms with Crippen LogP contribution in [0.2, 0.25) is 0 Å². The Labute approximate surface area is 182 Å². The molecule has 1 amide bonds. The Morgan fingerprint density at radius 3 is 2.19 bits per heavy atom. The lowest BCUT2D eigenvalue weighted by Crippen LogP contribution is -2.50. The van der Waals surface area contributed by atoms with Gasteiger partial charge in [0.15, 0.2) is 0 Å². The highest BCUT2D eigenvalue weighted by atomic mass is 32.2. The number of nitrogens with zero attached hydrogens (tertiary/aromatic N) is 2. The zero-order valence-electron chi connectivity index (χ0n) is 17.8. The molecule has 0 unspecified atom stereocenters. The van der Waals surface area contributed by atoms with Crippen LogP contribution in [0.25, 0.3) is 0 Å². The first-order valence-electron chi connectivity index (χ1n) is 10.0. The second-order valence-electron chi connectivity index (χ2n) is 7.27. The van der Waals surface area contributed by atoms with Crippen LogP contribution in [0.3, 0.4) is 0 Å². The van der Waals surface area contributed by atoms with Gasteiger partial charge in [-0.05, 0) is 56.7 Å². The summed E-state index contributed by atoms with van der Waals surface area (Å²) in [5, 5.41) is 0. The number of carbonyl (C=O) groups is 2. The molecule has 31 heavy (non-hydrogen) atoms. The monoisotopic (exact) mass is 446 g/mol. The highest BCUT2D eigenvalue weighted by Crippen LogP contribution is 2.23. The topological polar surface area (TPSA) is 93.2 Å². The summed E-state index contributed by atoms with van der Waals surface area (Å²) >= 11 is 0. The number of benzene rings is 2. The lowest BCUT2D eigenvalue weighted by Gasteiger charge is -2.34. The standard InChI is InChI=1S/C22H26N2O6S/c1-4-29-22(26)30-19-8-6-18(7-9-19)21(25)23-11-13-24(14-12-23)31(27,28)20-10-5-16(2)15-17(20)3/h5-10,15H,4,11-14H2,1-3H3. The zero-order valence-corrected chi connectivity index (χ0v) is 18.6. The fraction of sp³-hybridized carbons (Fsp3) is 0.364. The summed E-state index contributed by atoms with van der Waals surface area (Å²) in [4.78, 5) is 26.1. The van der Waals surface area contributed by atoms with Crippen LogP contribution in [0.4, 0.5) is 4.79 Å². The number of hydrogen-bond donors (Lipinski definition) is 0. The summed E-state index contributed by atoms with van der Waals surface area (Å²) < 4.78 is 37.1. The Balaban J connectivity index is 1.62. The number of rotatable bonds is 5. The van der Waals surface area contributed by atoms with Gasteiger partial charge in [-0.1, -0.05) is 17.7 Å². The number of piperazine rings is 1. The van der Waals surface area contributed by atoms with E-state index in [1.807, 2.05) is 13.0 Å². The third kappa shape index (κ3) is 5.23. The molecule has 0 aromatic heterocycles. The predicted molar refractivity (Wildman–Crippen MR) is 115 cm³/mol. The summed E-state index contributed by atoms with van der Waals surface area (Å²) in [6.07, 6.45) is -0.803.